The first-order valence-corrected chi connectivity index (χ1v) is 9.59. The summed E-state index contributed by atoms with van der Waals surface area (Å²) in [4.78, 5) is 27.7. The van der Waals surface area contributed by atoms with Crippen LogP contribution in [0.1, 0.15) is 80.3 Å². The minimum Gasteiger partial charge on any atom is -0.368 e. The van der Waals surface area contributed by atoms with Crippen molar-refractivity contribution in [1.82, 2.24) is 25.0 Å². The summed E-state index contributed by atoms with van der Waals surface area (Å²) in [6.07, 6.45) is 2.60. The van der Waals surface area contributed by atoms with Crippen molar-refractivity contribution in [1.29, 1.82) is 0 Å². The summed E-state index contributed by atoms with van der Waals surface area (Å²) >= 11 is 0. The fourth-order valence-electron chi connectivity index (χ4n) is 3.30. The van der Waals surface area contributed by atoms with E-state index in [1.165, 1.54) is 0 Å². The van der Waals surface area contributed by atoms with Gasteiger partial charge in [0.05, 0.1) is 5.92 Å². The molecule has 0 bridgehead atoms. The average Bonchev–Trinajstić information content (AvgIpc) is 3.08. The number of nitrogens with two attached hydrogens (primary N) is 1. The largest absolute Gasteiger partial charge is 0.368 e. The molecule has 0 spiro atoms. The van der Waals surface area contributed by atoms with Gasteiger partial charge in [-0.3, -0.25) is 4.79 Å². The minimum atomic E-state index is -0.127. The third kappa shape index (κ3) is 4.61. The second kappa shape index (κ2) is 8.02. The summed E-state index contributed by atoms with van der Waals surface area (Å²) in [6, 6.07) is 1.74. The first kappa shape index (κ1) is 19.3. The van der Waals surface area contributed by atoms with Crippen molar-refractivity contribution in [2.75, 3.05) is 18.8 Å². The molecule has 0 unspecified atom stereocenters. The Morgan fingerprint density at radius 1 is 1.30 bits per heavy atom. The van der Waals surface area contributed by atoms with Crippen LogP contribution in [0.25, 0.3) is 0 Å². The topological polar surface area (TPSA) is 111 Å². The van der Waals surface area contributed by atoms with Crippen molar-refractivity contribution in [3.8, 4) is 0 Å². The van der Waals surface area contributed by atoms with Gasteiger partial charge in [-0.1, -0.05) is 32.9 Å². The van der Waals surface area contributed by atoms with Crippen molar-refractivity contribution in [2.45, 2.75) is 58.8 Å². The van der Waals surface area contributed by atoms with E-state index in [-0.39, 0.29) is 23.7 Å². The molecule has 8 nitrogen and oxygen atoms in total. The van der Waals surface area contributed by atoms with E-state index in [9.17, 15) is 4.79 Å². The quantitative estimate of drug-likeness (QED) is 0.859. The lowest BCUT2D eigenvalue weighted by Gasteiger charge is -2.30. The van der Waals surface area contributed by atoms with Crippen LogP contribution in [-0.4, -0.2) is 44.0 Å². The van der Waals surface area contributed by atoms with Gasteiger partial charge in [-0.25, -0.2) is 9.97 Å². The van der Waals surface area contributed by atoms with Crippen molar-refractivity contribution in [3.63, 3.8) is 0 Å². The van der Waals surface area contributed by atoms with E-state index < -0.39 is 0 Å². The van der Waals surface area contributed by atoms with Gasteiger partial charge in [-0.2, -0.15) is 4.98 Å². The zero-order chi connectivity index (χ0) is 19.6. The molecule has 2 aromatic heterocycles. The fourth-order valence-corrected chi connectivity index (χ4v) is 3.30. The Kier molecular flexibility index (Phi) is 5.72. The molecule has 2 N–H and O–H groups in total. The van der Waals surface area contributed by atoms with Crippen LogP contribution in [0.2, 0.25) is 0 Å². The molecule has 0 radical (unpaired) electrons. The lowest BCUT2D eigenvalue weighted by atomic mass is 9.97. The van der Waals surface area contributed by atoms with E-state index >= 15 is 0 Å². The number of nitrogen functional groups attached to an aromatic ring is 1. The maximum absolute atomic E-state index is 13.0. The van der Waals surface area contributed by atoms with Crippen molar-refractivity contribution in [2.24, 2.45) is 5.92 Å². The second-order valence-electron chi connectivity index (χ2n) is 7.93. The highest BCUT2D eigenvalue weighted by Crippen LogP contribution is 2.27. The van der Waals surface area contributed by atoms with E-state index in [0.29, 0.717) is 30.6 Å². The van der Waals surface area contributed by atoms with Crippen LogP contribution in [0.15, 0.2) is 10.6 Å². The third-order valence-corrected chi connectivity index (χ3v) is 4.71. The first-order chi connectivity index (χ1) is 12.8. The van der Waals surface area contributed by atoms with Gasteiger partial charge in [0.2, 0.25) is 11.8 Å². The normalized spacial score (nSPS) is 17.7. The molecular weight excluding hydrogens is 344 g/mol. The van der Waals surface area contributed by atoms with Crippen LogP contribution in [0.3, 0.4) is 0 Å². The summed E-state index contributed by atoms with van der Waals surface area (Å²) in [5.74, 6) is 2.06. The maximum atomic E-state index is 13.0. The van der Waals surface area contributed by atoms with E-state index in [0.717, 1.165) is 30.8 Å². The zero-order valence-corrected chi connectivity index (χ0v) is 16.5. The van der Waals surface area contributed by atoms with Crippen LogP contribution in [-0.2, 0) is 6.42 Å². The monoisotopic (exact) mass is 372 g/mol. The highest BCUT2D eigenvalue weighted by molar-refractivity contribution is 5.92. The molecule has 0 saturated carbocycles. The van der Waals surface area contributed by atoms with Gasteiger partial charge < -0.3 is 15.2 Å². The number of hydrogen-bond acceptors (Lipinski definition) is 7. The van der Waals surface area contributed by atoms with E-state index in [1.807, 2.05) is 13.8 Å². The molecule has 1 amide bonds. The Bertz CT molecular complexity index is 801. The molecule has 146 valence electrons. The van der Waals surface area contributed by atoms with Crippen LogP contribution >= 0.6 is 0 Å². The highest BCUT2D eigenvalue weighted by atomic mass is 16.5. The lowest BCUT2D eigenvalue weighted by Crippen LogP contribution is -2.39. The van der Waals surface area contributed by atoms with E-state index in [4.69, 9.17) is 10.3 Å². The Morgan fingerprint density at radius 2 is 2.07 bits per heavy atom. The zero-order valence-electron chi connectivity index (χ0n) is 16.5. The predicted octanol–water partition coefficient (Wildman–Crippen LogP) is 2.78. The van der Waals surface area contributed by atoms with Crippen LogP contribution in [0.4, 0.5) is 5.95 Å². The van der Waals surface area contributed by atoms with Crippen molar-refractivity contribution in [3.05, 3.63) is 29.2 Å². The van der Waals surface area contributed by atoms with Crippen LogP contribution < -0.4 is 5.73 Å². The summed E-state index contributed by atoms with van der Waals surface area (Å²) in [7, 11) is 0. The molecule has 0 aromatic carbocycles. The molecule has 1 atom stereocenters. The summed E-state index contributed by atoms with van der Waals surface area (Å²) < 4.78 is 5.46. The molecule has 27 heavy (non-hydrogen) atoms. The molecule has 3 heterocycles. The number of likely N-dealkylation sites (tertiary alicyclic amines) is 1. The number of amides is 1. The molecule has 8 heteroatoms. The fraction of sp³-hybridized carbons (Fsp3) is 0.632. The number of carbonyl (C=O) groups excluding carboxylic acids is 1. The molecule has 3 rings (SSSR count). The van der Waals surface area contributed by atoms with Crippen molar-refractivity contribution >= 4 is 11.9 Å². The number of carbonyl (C=O) groups is 1. The van der Waals surface area contributed by atoms with Crippen LogP contribution in [0.5, 0.6) is 0 Å². The Balaban J connectivity index is 1.74. The Labute approximate surface area is 159 Å². The molecule has 2 aromatic rings. The van der Waals surface area contributed by atoms with Gasteiger partial charge in [0.25, 0.3) is 5.91 Å². The lowest BCUT2D eigenvalue weighted by molar-refractivity contribution is 0.0689. The van der Waals surface area contributed by atoms with Crippen molar-refractivity contribution < 1.29 is 9.32 Å². The van der Waals surface area contributed by atoms with E-state index in [1.54, 1.807) is 11.0 Å². The van der Waals surface area contributed by atoms with Gasteiger partial charge in [-0.15, -0.1) is 0 Å². The van der Waals surface area contributed by atoms with Crippen LogP contribution in [0, 0.1) is 5.92 Å². The molecule has 1 aliphatic rings. The molecule has 0 aliphatic carbocycles. The third-order valence-electron chi connectivity index (χ3n) is 4.71. The molecular formula is C19H28N6O2. The second-order valence-corrected chi connectivity index (χ2v) is 7.93. The predicted molar refractivity (Wildman–Crippen MR) is 101 cm³/mol. The van der Waals surface area contributed by atoms with Gasteiger partial charge in [0.1, 0.15) is 5.69 Å². The first-order valence-electron chi connectivity index (χ1n) is 9.59. The molecule has 1 fully saturated rings. The summed E-state index contributed by atoms with van der Waals surface area (Å²) in [5.41, 5.74) is 6.92. The van der Waals surface area contributed by atoms with Gasteiger partial charge in [-0.05, 0) is 30.7 Å². The summed E-state index contributed by atoms with van der Waals surface area (Å²) in [5, 5.41) is 4.08. The van der Waals surface area contributed by atoms with Gasteiger partial charge >= 0.3 is 0 Å². The molecule has 1 aliphatic heterocycles. The standard InChI is InChI=1S/C19H28N6O2/c1-11(2)8-16-23-17(27-24-16)13-6-5-7-25(10-13)18(26)15-9-14(12(3)4)21-19(20)22-15/h9,11-13H,5-8,10H2,1-4H3,(H2,20,21,22)/t13-/m0/s1. The summed E-state index contributed by atoms with van der Waals surface area (Å²) in [6.45, 7) is 9.49. The number of piperidine rings is 1. The number of nitrogens with zero attached hydrogens (tertiary/aromatic N) is 5. The highest BCUT2D eigenvalue weighted by Gasteiger charge is 2.30. The number of anilines is 1. The average molecular weight is 372 g/mol. The van der Waals surface area contributed by atoms with Gasteiger partial charge in [0, 0.05) is 25.2 Å². The smallest absolute Gasteiger partial charge is 0.272 e. The number of rotatable bonds is 5. The van der Waals surface area contributed by atoms with Gasteiger partial charge in [0.15, 0.2) is 5.82 Å². The SMILES string of the molecule is CC(C)Cc1noc([C@H]2CCCN(C(=O)c3cc(C(C)C)nc(N)n3)C2)n1. The van der Waals surface area contributed by atoms with E-state index in [2.05, 4.69) is 34.0 Å². The Morgan fingerprint density at radius 3 is 2.78 bits per heavy atom. The number of aromatic nitrogens is 4. The Hall–Kier alpha value is -2.51. The number of hydrogen-bond donors (Lipinski definition) is 1. The maximum Gasteiger partial charge on any atom is 0.272 e. The molecule has 1 saturated heterocycles. The minimum absolute atomic E-state index is 0.0554.